The van der Waals surface area contributed by atoms with Gasteiger partial charge in [-0.3, -0.25) is 9.69 Å². The van der Waals surface area contributed by atoms with E-state index in [2.05, 4.69) is 0 Å². The summed E-state index contributed by atoms with van der Waals surface area (Å²) >= 11 is 0. The number of carboxylic acid groups (broad SMARTS) is 1. The molecule has 2 atom stereocenters. The van der Waals surface area contributed by atoms with Gasteiger partial charge in [-0.1, -0.05) is 6.07 Å². The predicted octanol–water partition coefficient (Wildman–Crippen LogP) is 9.30. The molecule has 0 unspecified atom stereocenters. The molecule has 3 aromatic rings. The standard InChI is InChI=1S/C34H36F9NO5/c1-18(2)44(20(4)31(47)21-12-24(33(38,39)40)15-25(13-21)34(41,42)43)17-22-14-23(32(35,36)37)8-9-26(22)27-16-28(19(3)11-29(27)48-5)49-10-6-7-30(45)46/h8-9,11-16,18,20,31,47H,6-7,10,17H2,1-5H3,(H,45,46)/t20-,31-/m0/s1. The summed E-state index contributed by atoms with van der Waals surface area (Å²) in [6, 6.07) is 5.05. The summed E-state index contributed by atoms with van der Waals surface area (Å²) in [4.78, 5) is 12.3. The van der Waals surface area contributed by atoms with E-state index in [9.17, 15) is 49.4 Å². The number of ether oxygens (including phenoxy) is 2. The molecule has 0 amide bonds. The maximum atomic E-state index is 13.9. The minimum atomic E-state index is -5.16. The number of aryl methyl sites for hydroxylation is 1. The van der Waals surface area contributed by atoms with Crippen molar-refractivity contribution < 1.29 is 64.0 Å². The maximum absolute atomic E-state index is 13.9. The van der Waals surface area contributed by atoms with Crippen molar-refractivity contribution in [1.29, 1.82) is 0 Å². The smallest absolute Gasteiger partial charge is 0.416 e. The number of rotatable bonds is 13. The average molecular weight is 710 g/mol. The summed E-state index contributed by atoms with van der Waals surface area (Å²) < 4.78 is 134. The highest BCUT2D eigenvalue weighted by molar-refractivity contribution is 5.76. The van der Waals surface area contributed by atoms with Gasteiger partial charge in [-0.15, -0.1) is 0 Å². The van der Waals surface area contributed by atoms with Gasteiger partial charge in [0.25, 0.3) is 0 Å². The second-order valence-electron chi connectivity index (χ2n) is 11.8. The molecule has 49 heavy (non-hydrogen) atoms. The third-order valence-electron chi connectivity index (χ3n) is 7.96. The van der Waals surface area contributed by atoms with Crippen molar-refractivity contribution in [3.05, 3.63) is 81.9 Å². The predicted molar refractivity (Wildman–Crippen MR) is 162 cm³/mol. The number of methoxy groups -OCH3 is 1. The molecule has 0 bridgehead atoms. The van der Waals surface area contributed by atoms with Crippen molar-refractivity contribution in [2.45, 2.75) is 83.8 Å². The SMILES string of the molecule is COc1cc(C)c(OCCCC(=O)O)cc1-c1ccc(C(F)(F)F)cc1CN(C(C)C)[C@@H](C)[C@H](O)c1cc(C(F)(F)F)cc(C(F)(F)F)c1. The molecule has 0 spiro atoms. The van der Waals surface area contributed by atoms with Crippen LogP contribution in [0.25, 0.3) is 11.1 Å². The van der Waals surface area contributed by atoms with Gasteiger partial charge in [-0.05, 0) is 98.8 Å². The third-order valence-corrected chi connectivity index (χ3v) is 7.96. The number of aliphatic hydroxyl groups is 1. The van der Waals surface area contributed by atoms with Gasteiger partial charge in [0.15, 0.2) is 0 Å². The van der Waals surface area contributed by atoms with E-state index in [0.717, 1.165) is 12.1 Å². The van der Waals surface area contributed by atoms with Gasteiger partial charge in [-0.2, -0.15) is 39.5 Å². The molecule has 3 aromatic carbocycles. The van der Waals surface area contributed by atoms with Crippen LogP contribution >= 0.6 is 0 Å². The summed E-state index contributed by atoms with van der Waals surface area (Å²) in [7, 11) is 1.35. The molecule has 0 aliphatic heterocycles. The Labute approximate surface area is 277 Å². The number of carbonyl (C=O) groups is 1. The molecule has 0 aromatic heterocycles. The lowest BCUT2D eigenvalue weighted by atomic mass is 9.93. The zero-order chi connectivity index (χ0) is 37.1. The monoisotopic (exact) mass is 709 g/mol. The van der Waals surface area contributed by atoms with Crippen molar-refractivity contribution >= 4 is 5.97 Å². The van der Waals surface area contributed by atoms with Crippen molar-refractivity contribution in [1.82, 2.24) is 4.90 Å². The van der Waals surface area contributed by atoms with Gasteiger partial charge in [0.2, 0.25) is 0 Å². The van der Waals surface area contributed by atoms with E-state index < -0.39 is 64.9 Å². The van der Waals surface area contributed by atoms with E-state index in [1.54, 1.807) is 26.8 Å². The zero-order valence-electron chi connectivity index (χ0n) is 27.1. The summed E-state index contributed by atoms with van der Waals surface area (Å²) in [5.74, 6) is -0.459. The van der Waals surface area contributed by atoms with Crippen LogP contribution in [-0.4, -0.2) is 46.9 Å². The normalized spacial score (nSPS) is 13.9. The van der Waals surface area contributed by atoms with E-state index in [4.69, 9.17) is 14.6 Å². The highest BCUT2D eigenvalue weighted by atomic mass is 19.4. The lowest BCUT2D eigenvalue weighted by Gasteiger charge is -2.36. The molecule has 3 rings (SSSR count). The third kappa shape index (κ3) is 10.0. The molecule has 0 heterocycles. The number of hydrogen-bond acceptors (Lipinski definition) is 5. The highest BCUT2D eigenvalue weighted by Crippen LogP contribution is 2.42. The molecule has 270 valence electrons. The minimum absolute atomic E-state index is 0.0287. The molecule has 2 N–H and O–H groups in total. The van der Waals surface area contributed by atoms with Gasteiger partial charge in [-0.25, -0.2) is 0 Å². The van der Waals surface area contributed by atoms with Gasteiger partial charge in [0.1, 0.15) is 11.5 Å². The van der Waals surface area contributed by atoms with Crippen LogP contribution in [0.3, 0.4) is 0 Å². The molecule has 0 aliphatic rings. The molecule has 6 nitrogen and oxygen atoms in total. The Bertz CT molecular complexity index is 1580. The number of hydrogen-bond donors (Lipinski definition) is 2. The van der Waals surface area contributed by atoms with Crippen molar-refractivity contribution in [3.8, 4) is 22.6 Å². The van der Waals surface area contributed by atoms with E-state index >= 15 is 0 Å². The number of nitrogens with zero attached hydrogens (tertiary/aromatic N) is 1. The molecule has 0 fully saturated rings. The Kier molecular flexibility index (Phi) is 12.3. The van der Waals surface area contributed by atoms with E-state index in [1.165, 1.54) is 31.1 Å². The number of aliphatic carboxylic acids is 1. The first kappa shape index (κ1) is 39.5. The summed E-state index contributed by atoms with van der Waals surface area (Å²) in [5, 5.41) is 20.1. The largest absolute Gasteiger partial charge is 0.496 e. The van der Waals surface area contributed by atoms with Gasteiger partial charge >= 0.3 is 24.5 Å². The molecular formula is C34H36F9NO5. The Morgan fingerprint density at radius 3 is 1.86 bits per heavy atom. The van der Waals surface area contributed by atoms with E-state index in [0.29, 0.717) is 29.0 Å². The minimum Gasteiger partial charge on any atom is -0.496 e. The van der Waals surface area contributed by atoms with Gasteiger partial charge in [0, 0.05) is 30.6 Å². The van der Waals surface area contributed by atoms with Crippen LogP contribution in [0.5, 0.6) is 11.5 Å². The zero-order valence-corrected chi connectivity index (χ0v) is 27.1. The molecule has 0 saturated heterocycles. The van der Waals surface area contributed by atoms with E-state index in [-0.39, 0.29) is 48.9 Å². The lowest BCUT2D eigenvalue weighted by Crippen LogP contribution is -2.42. The molecule has 15 heteroatoms. The number of benzene rings is 3. The Hall–Kier alpha value is -3.98. The average Bonchev–Trinajstić information content (AvgIpc) is 2.99. The van der Waals surface area contributed by atoms with Crippen LogP contribution in [0.2, 0.25) is 0 Å². The van der Waals surface area contributed by atoms with Crippen LogP contribution in [0.1, 0.15) is 73.1 Å². The number of halogens is 9. The summed E-state index contributed by atoms with van der Waals surface area (Å²) in [6.07, 6.45) is -17.0. The van der Waals surface area contributed by atoms with E-state index in [1.807, 2.05) is 0 Å². The molecular weight excluding hydrogens is 673 g/mol. The molecule has 0 saturated carbocycles. The van der Waals surface area contributed by atoms with Gasteiger partial charge in [0.05, 0.1) is 36.5 Å². The quantitative estimate of drug-likeness (QED) is 0.136. The van der Waals surface area contributed by atoms with Crippen LogP contribution in [0.4, 0.5) is 39.5 Å². The van der Waals surface area contributed by atoms with Crippen molar-refractivity contribution in [3.63, 3.8) is 0 Å². The van der Waals surface area contributed by atoms with Gasteiger partial charge < -0.3 is 19.7 Å². The maximum Gasteiger partial charge on any atom is 0.416 e. The first-order valence-corrected chi connectivity index (χ1v) is 15.0. The molecule has 0 radical (unpaired) electrons. The van der Waals surface area contributed by atoms with Crippen LogP contribution < -0.4 is 9.47 Å². The molecule has 0 aliphatic carbocycles. The summed E-state index contributed by atoms with van der Waals surface area (Å²) in [5.41, 5.74) is -3.74. The fraction of sp³-hybridized carbons (Fsp3) is 0.441. The van der Waals surface area contributed by atoms with Crippen molar-refractivity contribution in [2.75, 3.05) is 13.7 Å². The summed E-state index contributed by atoms with van der Waals surface area (Å²) in [6.45, 7) is 5.96. The second kappa shape index (κ2) is 15.3. The number of carboxylic acids is 1. The topological polar surface area (TPSA) is 79.2 Å². The Morgan fingerprint density at radius 1 is 0.796 bits per heavy atom. The fourth-order valence-electron chi connectivity index (χ4n) is 5.37. The first-order valence-electron chi connectivity index (χ1n) is 15.0. The Balaban J connectivity index is 2.14. The Morgan fingerprint density at radius 2 is 1.37 bits per heavy atom. The lowest BCUT2D eigenvalue weighted by molar-refractivity contribution is -0.143. The number of aliphatic hydroxyl groups excluding tert-OH is 1. The van der Waals surface area contributed by atoms with Crippen LogP contribution in [0.15, 0.2) is 48.5 Å². The number of alkyl halides is 9. The fourth-order valence-corrected chi connectivity index (χ4v) is 5.37. The second-order valence-corrected chi connectivity index (χ2v) is 11.8. The van der Waals surface area contributed by atoms with Crippen molar-refractivity contribution in [2.24, 2.45) is 0 Å². The first-order chi connectivity index (χ1) is 22.5. The van der Waals surface area contributed by atoms with Crippen LogP contribution in [0, 0.1) is 6.92 Å². The highest BCUT2D eigenvalue weighted by Gasteiger charge is 2.39. The van der Waals surface area contributed by atoms with Crippen LogP contribution in [-0.2, 0) is 29.9 Å².